The lowest BCUT2D eigenvalue weighted by Crippen LogP contribution is -2.26. The molecule has 18 heavy (non-hydrogen) atoms. The van der Waals surface area contributed by atoms with Gasteiger partial charge in [-0.05, 0) is 13.0 Å². The number of nitrogens with one attached hydrogen (secondary N) is 1. The van der Waals surface area contributed by atoms with Crippen molar-refractivity contribution in [2.75, 3.05) is 0 Å². The number of nitrogens with zero attached hydrogens (tertiary/aromatic N) is 1. The number of aliphatic hydroxyl groups excluding tert-OH is 1. The van der Waals surface area contributed by atoms with Crippen LogP contribution in [0, 0.1) is 0 Å². The number of sulfonamides is 1. The van der Waals surface area contributed by atoms with Crippen molar-refractivity contribution >= 4 is 32.7 Å². The second-order valence-corrected chi connectivity index (χ2v) is 7.26. The molecule has 2 N–H and O–H groups in total. The van der Waals surface area contributed by atoms with E-state index in [0.29, 0.717) is 4.88 Å². The van der Waals surface area contributed by atoms with Gasteiger partial charge in [0.15, 0.2) is 0 Å². The molecule has 2 aromatic rings. The number of hydrogen-bond donors (Lipinski definition) is 2. The Hall–Kier alpha value is -0.800. The molecule has 2 aromatic heterocycles. The maximum atomic E-state index is 12.1. The molecule has 0 bridgehead atoms. The molecule has 0 saturated carbocycles. The number of rotatable bonds is 5. The average Bonchev–Trinajstić information content (AvgIpc) is 3.00. The van der Waals surface area contributed by atoms with Crippen molar-refractivity contribution < 1.29 is 13.5 Å². The standard InChI is InChI=1S/C10H12N2O3S3/c1-7(10-11-2-3-16-10)12-18(14,15)9-4-8(5-13)17-6-9/h2-4,6-7,12-13H,5H2,1H3. The molecule has 0 aliphatic carbocycles. The molecule has 8 heteroatoms. The summed E-state index contributed by atoms with van der Waals surface area (Å²) < 4.78 is 26.7. The lowest BCUT2D eigenvalue weighted by atomic mass is 10.4. The fourth-order valence-electron chi connectivity index (χ4n) is 1.38. The molecule has 5 nitrogen and oxygen atoms in total. The van der Waals surface area contributed by atoms with Crippen molar-refractivity contribution in [2.24, 2.45) is 0 Å². The van der Waals surface area contributed by atoms with E-state index in [9.17, 15) is 8.42 Å². The molecule has 0 amide bonds. The molecule has 0 spiro atoms. The van der Waals surface area contributed by atoms with Crippen LogP contribution in [-0.2, 0) is 16.6 Å². The van der Waals surface area contributed by atoms with E-state index in [1.165, 1.54) is 34.1 Å². The predicted molar refractivity (Wildman–Crippen MR) is 71.1 cm³/mol. The minimum Gasteiger partial charge on any atom is -0.391 e. The van der Waals surface area contributed by atoms with Gasteiger partial charge in [0.05, 0.1) is 17.5 Å². The Morgan fingerprint density at radius 2 is 2.28 bits per heavy atom. The first-order valence-corrected chi connectivity index (χ1v) is 8.37. The first kappa shape index (κ1) is 13.6. The molecule has 1 unspecified atom stereocenters. The second kappa shape index (κ2) is 5.45. The fourth-order valence-corrected chi connectivity index (χ4v) is 4.45. The highest BCUT2D eigenvalue weighted by Crippen LogP contribution is 2.22. The van der Waals surface area contributed by atoms with Crippen LogP contribution in [0.5, 0.6) is 0 Å². The number of aliphatic hydroxyl groups is 1. The maximum absolute atomic E-state index is 12.1. The van der Waals surface area contributed by atoms with Crippen LogP contribution in [0.15, 0.2) is 27.9 Å². The molecule has 0 aliphatic heterocycles. The Kier molecular flexibility index (Phi) is 4.13. The zero-order chi connectivity index (χ0) is 13.2. The minimum atomic E-state index is -3.56. The Bertz CT molecular complexity index is 604. The minimum absolute atomic E-state index is 0.151. The largest absolute Gasteiger partial charge is 0.391 e. The highest BCUT2D eigenvalue weighted by Gasteiger charge is 2.20. The van der Waals surface area contributed by atoms with E-state index < -0.39 is 10.0 Å². The molecule has 1 atom stereocenters. The number of hydrogen-bond acceptors (Lipinski definition) is 6. The highest BCUT2D eigenvalue weighted by atomic mass is 32.2. The monoisotopic (exact) mass is 304 g/mol. The molecular weight excluding hydrogens is 292 g/mol. The summed E-state index contributed by atoms with van der Waals surface area (Å²) in [6.45, 7) is 1.60. The first-order valence-electron chi connectivity index (χ1n) is 5.13. The van der Waals surface area contributed by atoms with Gasteiger partial charge < -0.3 is 5.11 Å². The van der Waals surface area contributed by atoms with Gasteiger partial charge in [-0.15, -0.1) is 22.7 Å². The maximum Gasteiger partial charge on any atom is 0.242 e. The summed E-state index contributed by atoms with van der Waals surface area (Å²) in [6, 6.07) is 1.11. The topological polar surface area (TPSA) is 79.3 Å². The van der Waals surface area contributed by atoms with Crippen molar-refractivity contribution in [1.82, 2.24) is 9.71 Å². The molecule has 0 saturated heterocycles. The van der Waals surface area contributed by atoms with Gasteiger partial charge in [0.2, 0.25) is 10.0 Å². The molecule has 0 fully saturated rings. The van der Waals surface area contributed by atoms with Crippen molar-refractivity contribution in [3.8, 4) is 0 Å². The van der Waals surface area contributed by atoms with Crippen LogP contribution >= 0.6 is 22.7 Å². The number of thiophene rings is 1. The summed E-state index contributed by atoms with van der Waals surface area (Å²) in [5, 5.41) is 13.0. The van der Waals surface area contributed by atoms with Crippen LogP contribution in [-0.4, -0.2) is 18.5 Å². The van der Waals surface area contributed by atoms with Crippen LogP contribution in [0.1, 0.15) is 22.9 Å². The van der Waals surface area contributed by atoms with E-state index in [2.05, 4.69) is 9.71 Å². The Balaban J connectivity index is 2.17. The van der Waals surface area contributed by atoms with Gasteiger partial charge in [0.25, 0.3) is 0 Å². The van der Waals surface area contributed by atoms with Gasteiger partial charge in [-0.3, -0.25) is 0 Å². The van der Waals surface area contributed by atoms with E-state index in [1.54, 1.807) is 18.5 Å². The van der Waals surface area contributed by atoms with E-state index in [1.807, 2.05) is 0 Å². The predicted octanol–water partition coefficient (Wildman–Crippen LogP) is 1.74. The van der Waals surface area contributed by atoms with E-state index in [-0.39, 0.29) is 17.5 Å². The summed E-state index contributed by atoms with van der Waals surface area (Å²) in [4.78, 5) is 4.87. The van der Waals surface area contributed by atoms with Gasteiger partial charge >= 0.3 is 0 Å². The summed E-state index contributed by atoms with van der Waals surface area (Å²) >= 11 is 2.62. The third kappa shape index (κ3) is 2.96. The molecular formula is C10H12N2O3S3. The lowest BCUT2D eigenvalue weighted by molar-refractivity contribution is 0.285. The quantitative estimate of drug-likeness (QED) is 0.882. The third-order valence-corrected chi connectivity index (χ3v) is 5.80. The SMILES string of the molecule is CC(NS(=O)(=O)c1csc(CO)c1)c1nccs1. The van der Waals surface area contributed by atoms with Crippen LogP contribution in [0.25, 0.3) is 0 Å². The van der Waals surface area contributed by atoms with Crippen molar-refractivity contribution in [3.63, 3.8) is 0 Å². The third-order valence-electron chi connectivity index (χ3n) is 2.25. The van der Waals surface area contributed by atoms with Gasteiger partial charge in [-0.2, -0.15) is 0 Å². The Morgan fingerprint density at radius 1 is 1.50 bits per heavy atom. The summed E-state index contributed by atoms with van der Waals surface area (Å²) in [5.41, 5.74) is 0. The fraction of sp³-hybridized carbons (Fsp3) is 0.300. The molecule has 98 valence electrons. The van der Waals surface area contributed by atoms with E-state index in [4.69, 9.17) is 5.11 Å². The van der Waals surface area contributed by atoms with Crippen molar-refractivity contribution in [3.05, 3.63) is 32.9 Å². The van der Waals surface area contributed by atoms with E-state index >= 15 is 0 Å². The second-order valence-electron chi connectivity index (χ2n) is 3.62. The highest BCUT2D eigenvalue weighted by molar-refractivity contribution is 7.89. The average molecular weight is 304 g/mol. The number of aromatic nitrogens is 1. The number of thiazole rings is 1. The smallest absolute Gasteiger partial charge is 0.242 e. The molecule has 0 radical (unpaired) electrons. The van der Waals surface area contributed by atoms with Crippen molar-refractivity contribution in [1.29, 1.82) is 0 Å². The van der Waals surface area contributed by atoms with Crippen LogP contribution in [0.2, 0.25) is 0 Å². The van der Waals surface area contributed by atoms with Crippen molar-refractivity contribution in [2.45, 2.75) is 24.5 Å². The molecule has 0 aromatic carbocycles. The summed E-state index contributed by atoms with van der Waals surface area (Å²) in [7, 11) is -3.56. The van der Waals surface area contributed by atoms with E-state index in [0.717, 1.165) is 5.01 Å². The van der Waals surface area contributed by atoms with Crippen LogP contribution < -0.4 is 4.72 Å². The van der Waals surface area contributed by atoms with Gasteiger partial charge in [0.1, 0.15) is 5.01 Å². The zero-order valence-electron chi connectivity index (χ0n) is 9.53. The molecule has 2 rings (SSSR count). The molecule has 2 heterocycles. The van der Waals surface area contributed by atoms with Crippen LogP contribution in [0.3, 0.4) is 0 Å². The van der Waals surface area contributed by atoms with Gasteiger partial charge in [0, 0.05) is 21.8 Å². The summed E-state index contributed by atoms with van der Waals surface area (Å²) in [5.74, 6) is 0. The van der Waals surface area contributed by atoms with Gasteiger partial charge in [-0.25, -0.2) is 18.1 Å². The zero-order valence-corrected chi connectivity index (χ0v) is 12.0. The van der Waals surface area contributed by atoms with Crippen LogP contribution in [0.4, 0.5) is 0 Å². The summed E-state index contributed by atoms with van der Waals surface area (Å²) in [6.07, 6.45) is 1.64. The lowest BCUT2D eigenvalue weighted by Gasteiger charge is -2.10. The normalized spacial score (nSPS) is 13.7. The molecule has 0 aliphatic rings. The first-order chi connectivity index (χ1) is 8.53. The Labute approximate surface area is 113 Å². The Morgan fingerprint density at radius 3 is 2.83 bits per heavy atom. The van der Waals surface area contributed by atoms with Gasteiger partial charge in [-0.1, -0.05) is 0 Å².